The van der Waals surface area contributed by atoms with Crippen molar-refractivity contribution in [3.05, 3.63) is 0 Å². The first-order chi connectivity index (χ1) is 17.5. The Hall–Kier alpha value is -1.18. The van der Waals surface area contributed by atoms with E-state index in [-0.39, 0.29) is 40.6 Å². The van der Waals surface area contributed by atoms with E-state index in [4.69, 9.17) is 0 Å². The van der Waals surface area contributed by atoms with E-state index in [9.17, 15) is 24.9 Å². The zero-order valence-corrected chi connectivity index (χ0v) is 23.5. The molecule has 0 aromatic heterocycles. The molecule has 0 spiro atoms. The molecule has 4 fully saturated rings. The van der Waals surface area contributed by atoms with Gasteiger partial charge >= 0.3 is 0 Å². The number of aliphatic hydroxyl groups is 3. The van der Waals surface area contributed by atoms with Crippen molar-refractivity contribution in [3.8, 4) is 0 Å². The Morgan fingerprint density at radius 1 is 0.865 bits per heavy atom. The molecule has 0 saturated heterocycles. The molecule has 0 heterocycles. The fraction of sp³-hybridized carbons (Fsp3) is 0.933. The number of carbonyl (C=O) groups excluding carboxylic acids is 2. The Bertz CT molecular complexity index is 822. The molecule has 37 heavy (non-hydrogen) atoms. The molecule has 0 aromatic carbocycles. The third kappa shape index (κ3) is 5.60. The molecule has 2 amide bonds. The first-order valence-corrected chi connectivity index (χ1v) is 15.0. The standard InChI is InChI=1S/C30H52N2O5/c1-18(7-10-25(35)32-16-6-5-15-31-19(2)33)21-8-9-22-26-23(12-14-29(21,22)3)30(4)13-11-20(34)17-24(30)27(36)28(26)37/h18,20-24,26-28,34,36-37H,5-17H2,1-4H3,(H,31,33)(H,32,35)/t18-,20-,21-,22+,23+,24+,26+,27+,28-,29-,30-/m1/s1. The molecule has 7 heteroatoms. The quantitative estimate of drug-likeness (QED) is 0.299. The van der Waals surface area contributed by atoms with Gasteiger partial charge in [-0.1, -0.05) is 20.8 Å². The van der Waals surface area contributed by atoms with Crippen LogP contribution in [0, 0.1) is 46.3 Å². The van der Waals surface area contributed by atoms with Gasteiger partial charge in [-0.3, -0.25) is 9.59 Å². The molecule has 4 saturated carbocycles. The maximum absolute atomic E-state index is 12.5. The number of aliphatic hydroxyl groups excluding tert-OH is 3. The van der Waals surface area contributed by atoms with Crippen LogP contribution in [0.5, 0.6) is 0 Å². The number of amides is 2. The molecule has 0 aromatic rings. The van der Waals surface area contributed by atoms with Crippen molar-refractivity contribution in [1.29, 1.82) is 0 Å². The normalized spacial score (nSPS) is 43.8. The molecule has 7 nitrogen and oxygen atoms in total. The Balaban J connectivity index is 1.33. The fourth-order valence-electron chi connectivity index (χ4n) is 9.61. The van der Waals surface area contributed by atoms with Crippen LogP contribution >= 0.6 is 0 Å². The Morgan fingerprint density at radius 3 is 2.22 bits per heavy atom. The third-order valence-electron chi connectivity index (χ3n) is 11.6. The van der Waals surface area contributed by atoms with Gasteiger partial charge in [-0.15, -0.1) is 0 Å². The molecule has 4 aliphatic rings. The van der Waals surface area contributed by atoms with Crippen molar-refractivity contribution in [2.45, 2.75) is 117 Å². The smallest absolute Gasteiger partial charge is 0.220 e. The van der Waals surface area contributed by atoms with Crippen molar-refractivity contribution in [2.75, 3.05) is 13.1 Å². The van der Waals surface area contributed by atoms with Crippen molar-refractivity contribution in [2.24, 2.45) is 46.3 Å². The molecule has 0 aliphatic heterocycles. The van der Waals surface area contributed by atoms with E-state index < -0.39 is 12.2 Å². The summed E-state index contributed by atoms with van der Waals surface area (Å²) in [6, 6.07) is 0. The maximum atomic E-state index is 12.5. The van der Waals surface area contributed by atoms with E-state index in [1.807, 2.05) is 0 Å². The zero-order valence-electron chi connectivity index (χ0n) is 23.5. The minimum Gasteiger partial charge on any atom is -0.393 e. The second-order valence-corrected chi connectivity index (χ2v) is 13.6. The lowest BCUT2D eigenvalue weighted by molar-refractivity contribution is -0.223. The SMILES string of the molecule is CC(=O)NCCCCNC(=O)CC[C@@H](C)[C@H]1CC[C@H]2[C@@H]3[C@@H](O)[C@@H](O)[C@@H]4C[C@H](O)CC[C@]4(C)[C@H]3CC[C@]12C. The highest BCUT2D eigenvalue weighted by Gasteiger charge is 2.65. The summed E-state index contributed by atoms with van der Waals surface area (Å²) in [4.78, 5) is 23.4. The summed E-state index contributed by atoms with van der Waals surface area (Å²) < 4.78 is 0. The number of unbranched alkanes of at least 4 members (excludes halogenated alkanes) is 1. The van der Waals surface area contributed by atoms with Gasteiger partial charge in [0.15, 0.2) is 0 Å². The van der Waals surface area contributed by atoms with Crippen LogP contribution in [0.2, 0.25) is 0 Å². The van der Waals surface area contributed by atoms with E-state index in [2.05, 4.69) is 31.4 Å². The van der Waals surface area contributed by atoms with Crippen LogP contribution in [0.4, 0.5) is 0 Å². The summed E-state index contributed by atoms with van der Waals surface area (Å²) in [7, 11) is 0. The van der Waals surface area contributed by atoms with Crippen LogP contribution in [-0.4, -0.2) is 58.5 Å². The van der Waals surface area contributed by atoms with Crippen LogP contribution in [0.1, 0.15) is 98.3 Å². The Labute approximate surface area is 223 Å². The number of hydrogen-bond donors (Lipinski definition) is 5. The number of carbonyl (C=O) groups is 2. The fourth-order valence-corrected chi connectivity index (χ4v) is 9.61. The highest BCUT2D eigenvalue weighted by Crippen LogP contribution is 2.68. The predicted molar refractivity (Wildman–Crippen MR) is 143 cm³/mol. The molecule has 212 valence electrons. The monoisotopic (exact) mass is 520 g/mol. The minimum atomic E-state index is -0.748. The van der Waals surface area contributed by atoms with E-state index in [0.717, 1.165) is 57.8 Å². The maximum Gasteiger partial charge on any atom is 0.220 e. The molecular weight excluding hydrogens is 468 g/mol. The Kier molecular flexibility index (Phi) is 8.97. The lowest BCUT2D eigenvalue weighted by atomic mass is 9.43. The molecule has 4 rings (SSSR count). The van der Waals surface area contributed by atoms with Gasteiger partial charge in [0, 0.05) is 26.4 Å². The van der Waals surface area contributed by atoms with Gasteiger partial charge in [0.25, 0.3) is 0 Å². The van der Waals surface area contributed by atoms with Gasteiger partial charge < -0.3 is 26.0 Å². The van der Waals surface area contributed by atoms with Crippen LogP contribution in [0.3, 0.4) is 0 Å². The van der Waals surface area contributed by atoms with E-state index in [1.54, 1.807) is 0 Å². The van der Waals surface area contributed by atoms with Crippen molar-refractivity contribution in [1.82, 2.24) is 10.6 Å². The highest BCUT2D eigenvalue weighted by molar-refractivity contribution is 5.75. The number of hydrogen-bond acceptors (Lipinski definition) is 5. The Morgan fingerprint density at radius 2 is 1.51 bits per heavy atom. The summed E-state index contributed by atoms with van der Waals surface area (Å²) in [5.41, 5.74) is 0.132. The van der Waals surface area contributed by atoms with Crippen molar-refractivity contribution in [3.63, 3.8) is 0 Å². The highest BCUT2D eigenvalue weighted by atomic mass is 16.3. The molecule has 0 radical (unpaired) electrons. The van der Waals surface area contributed by atoms with Crippen molar-refractivity contribution >= 4 is 11.8 Å². The summed E-state index contributed by atoms with van der Waals surface area (Å²) in [5, 5.41) is 38.8. The molecule has 4 aliphatic carbocycles. The molecular formula is C30H52N2O5. The first kappa shape index (κ1) is 28.8. The summed E-state index contributed by atoms with van der Waals surface area (Å²) in [5.74, 6) is 2.00. The molecule has 11 atom stereocenters. The largest absolute Gasteiger partial charge is 0.393 e. The first-order valence-electron chi connectivity index (χ1n) is 15.0. The van der Waals surface area contributed by atoms with Crippen LogP contribution < -0.4 is 10.6 Å². The van der Waals surface area contributed by atoms with Gasteiger partial charge in [0.05, 0.1) is 18.3 Å². The lowest BCUT2D eigenvalue weighted by Crippen LogP contribution is -2.64. The summed E-state index contributed by atoms with van der Waals surface area (Å²) in [6.45, 7) is 9.87. The van der Waals surface area contributed by atoms with Gasteiger partial charge in [-0.05, 0) is 111 Å². The minimum absolute atomic E-state index is 0.00615. The van der Waals surface area contributed by atoms with Crippen LogP contribution in [0.15, 0.2) is 0 Å². The van der Waals surface area contributed by atoms with E-state index in [0.29, 0.717) is 49.6 Å². The summed E-state index contributed by atoms with van der Waals surface area (Å²) >= 11 is 0. The van der Waals surface area contributed by atoms with Gasteiger partial charge in [-0.25, -0.2) is 0 Å². The average Bonchev–Trinajstić information content (AvgIpc) is 3.21. The number of fused-ring (bicyclic) bond motifs is 5. The lowest BCUT2D eigenvalue weighted by Gasteiger charge is -2.63. The topological polar surface area (TPSA) is 119 Å². The average molecular weight is 521 g/mol. The van der Waals surface area contributed by atoms with Gasteiger partial charge in [0.2, 0.25) is 11.8 Å². The summed E-state index contributed by atoms with van der Waals surface area (Å²) in [6.07, 6.45) is 8.16. The predicted octanol–water partition coefficient (Wildman–Crippen LogP) is 3.40. The molecule has 0 unspecified atom stereocenters. The zero-order chi connectivity index (χ0) is 27.0. The van der Waals surface area contributed by atoms with Crippen LogP contribution in [-0.2, 0) is 9.59 Å². The second-order valence-electron chi connectivity index (χ2n) is 13.6. The van der Waals surface area contributed by atoms with E-state index in [1.165, 1.54) is 6.92 Å². The van der Waals surface area contributed by atoms with Gasteiger partial charge in [0.1, 0.15) is 0 Å². The van der Waals surface area contributed by atoms with E-state index >= 15 is 0 Å². The number of nitrogens with one attached hydrogen (secondary N) is 2. The van der Waals surface area contributed by atoms with Crippen LogP contribution in [0.25, 0.3) is 0 Å². The third-order valence-corrected chi connectivity index (χ3v) is 11.6. The second kappa shape index (κ2) is 11.5. The molecule has 0 bridgehead atoms. The van der Waals surface area contributed by atoms with Gasteiger partial charge in [-0.2, -0.15) is 0 Å². The number of rotatable bonds is 9. The van der Waals surface area contributed by atoms with Crippen molar-refractivity contribution < 1.29 is 24.9 Å². The molecule has 5 N–H and O–H groups in total.